The van der Waals surface area contributed by atoms with E-state index in [4.69, 9.17) is 4.74 Å². The largest absolute Gasteiger partial charge is 0.452 e. The maximum absolute atomic E-state index is 12.7. The molecule has 6 heteroatoms. The minimum Gasteiger partial charge on any atom is -0.452 e. The third-order valence-corrected chi connectivity index (χ3v) is 7.38. The molecule has 4 aliphatic carbocycles. The molecule has 6 nitrogen and oxygen atoms in total. The minimum absolute atomic E-state index is 0.188. The summed E-state index contributed by atoms with van der Waals surface area (Å²) in [5.41, 5.74) is 2.63. The van der Waals surface area contributed by atoms with Crippen molar-refractivity contribution in [1.29, 1.82) is 0 Å². The first-order valence-electron chi connectivity index (χ1n) is 11.1. The monoisotopic (exact) mass is 407 g/mol. The van der Waals surface area contributed by atoms with Crippen molar-refractivity contribution >= 4 is 11.9 Å². The fraction of sp³-hybridized carbons (Fsp3) is 0.542. The van der Waals surface area contributed by atoms with Crippen molar-refractivity contribution in [2.75, 3.05) is 6.61 Å². The first-order chi connectivity index (χ1) is 14.5. The van der Waals surface area contributed by atoms with Gasteiger partial charge in [-0.1, -0.05) is 18.2 Å². The molecule has 0 saturated heterocycles. The highest BCUT2D eigenvalue weighted by Crippen LogP contribution is 2.53. The number of ether oxygens (including phenoxy) is 1. The molecule has 1 aromatic heterocycles. The predicted octanol–water partition coefficient (Wildman–Crippen LogP) is 3.59. The Kier molecular flexibility index (Phi) is 4.88. The Morgan fingerprint density at radius 3 is 2.30 bits per heavy atom. The van der Waals surface area contributed by atoms with Gasteiger partial charge in [-0.15, -0.1) is 0 Å². The Labute approximate surface area is 177 Å². The van der Waals surface area contributed by atoms with Crippen LogP contribution in [0.3, 0.4) is 0 Å². The van der Waals surface area contributed by atoms with Gasteiger partial charge in [-0.3, -0.25) is 4.79 Å². The van der Waals surface area contributed by atoms with Crippen molar-refractivity contribution in [2.45, 2.75) is 52.0 Å². The van der Waals surface area contributed by atoms with Crippen molar-refractivity contribution in [2.24, 2.45) is 23.7 Å². The van der Waals surface area contributed by atoms with E-state index in [2.05, 4.69) is 10.4 Å². The van der Waals surface area contributed by atoms with Crippen LogP contribution >= 0.6 is 0 Å². The van der Waals surface area contributed by atoms with Gasteiger partial charge in [-0.05, 0) is 81.8 Å². The summed E-state index contributed by atoms with van der Waals surface area (Å²) < 4.78 is 7.13. The Bertz CT molecular complexity index is 938. The maximum Gasteiger partial charge on any atom is 0.342 e. The Balaban J connectivity index is 1.21. The summed E-state index contributed by atoms with van der Waals surface area (Å²) in [6.45, 7) is 3.40. The summed E-state index contributed by atoms with van der Waals surface area (Å²) in [4.78, 5) is 25.3. The molecule has 1 N–H and O–H groups in total. The molecule has 30 heavy (non-hydrogen) atoms. The molecule has 1 heterocycles. The predicted molar refractivity (Wildman–Crippen MR) is 112 cm³/mol. The number of carbonyl (C=O) groups excluding carboxylic acids is 2. The highest BCUT2D eigenvalue weighted by Gasteiger charge is 2.48. The second-order valence-electron chi connectivity index (χ2n) is 9.39. The number of nitrogens with one attached hydrogen (secondary N) is 1. The minimum atomic E-state index is -0.493. The number of nitrogens with zero attached hydrogens (tertiary/aromatic N) is 2. The smallest absolute Gasteiger partial charge is 0.342 e. The van der Waals surface area contributed by atoms with E-state index in [-0.39, 0.29) is 18.6 Å². The number of rotatable bonds is 5. The molecule has 6 rings (SSSR count). The molecule has 0 radical (unpaired) electrons. The summed E-state index contributed by atoms with van der Waals surface area (Å²) in [6, 6.07) is 9.93. The van der Waals surface area contributed by atoms with E-state index in [1.807, 2.05) is 37.3 Å². The number of amides is 1. The lowest BCUT2D eigenvalue weighted by Gasteiger charge is -2.54. The van der Waals surface area contributed by atoms with E-state index in [1.54, 1.807) is 11.6 Å². The van der Waals surface area contributed by atoms with Gasteiger partial charge in [0.2, 0.25) is 0 Å². The average molecular weight is 408 g/mol. The number of benzene rings is 1. The van der Waals surface area contributed by atoms with Gasteiger partial charge in [0.25, 0.3) is 5.91 Å². The lowest BCUT2D eigenvalue weighted by molar-refractivity contribution is -0.128. The molecule has 0 unspecified atom stereocenters. The van der Waals surface area contributed by atoms with E-state index in [0.29, 0.717) is 28.8 Å². The number of aryl methyl sites for hydroxylation is 1. The fourth-order valence-corrected chi connectivity index (χ4v) is 6.35. The van der Waals surface area contributed by atoms with E-state index < -0.39 is 5.97 Å². The number of hydrogen-bond acceptors (Lipinski definition) is 4. The highest BCUT2D eigenvalue weighted by atomic mass is 16.5. The maximum atomic E-state index is 12.7. The number of hydrogen-bond donors (Lipinski definition) is 1. The molecule has 0 aliphatic heterocycles. The van der Waals surface area contributed by atoms with Crippen molar-refractivity contribution in [1.82, 2.24) is 15.1 Å². The van der Waals surface area contributed by atoms with Crippen LogP contribution in [0.1, 0.15) is 53.8 Å². The zero-order valence-electron chi connectivity index (χ0n) is 17.6. The van der Waals surface area contributed by atoms with Crippen LogP contribution in [0.2, 0.25) is 0 Å². The summed E-state index contributed by atoms with van der Waals surface area (Å²) in [5, 5.41) is 7.68. The van der Waals surface area contributed by atoms with Crippen molar-refractivity contribution in [3.63, 3.8) is 0 Å². The van der Waals surface area contributed by atoms with Gasteiger partial charge in [0.05, 0.1) is 17.1 Å². The molecule has 0 atom stereocenters. The van der Waals surface area contributed by atoms with Crippen LogP contribution in [0, 0.1) is 37.5 Å². The summed E-state index contributed by atoms with van der Waals surface area (Å²) >= 11 is 0. The number of esters is 1. The van der Waals surface area contributed by atoms with Gasteiger partial charge in [0.15, 0.2) is 6.61 Å². The SMILES string of the molecule is Cc1nn(-c2ccccc2)c(C)c1C(=O)OCC(=O)NC1C2CC3CC(C2)CC1C3. The van der Waals surface area contributed by atoms with Crippen LogP contribution in [0.5, 0.6) is 0 Å². The second kappa shape index (κ2) is 7.56. The van der Waals surface area contributed by atoms with Crippen LogP contribution in [0.25, 0.3) is 5.69 Å². The summed E-state index contributed by atoms with van der Waals surface area (Å²) in [7, 11) is 0. The standard InChI is InChI=1S/C24H29N3O3/c1-14-22(15(2)27(26-14)20-6-4-3-5-7-20)24(29)30-13-21(28)25-23-18-9-16-8-17(11-18)12-19(23)10-16/h3-7,16-19,23H,8-13H2,1-2H3,(H,25,28). The normalized spacial score (nSPS) is 29.1. The molecular formula is C24H29N3O3. The van der Waals surface area contributed by atoms with Crippen LogP contribution in [-0.2, 0) is 9.53 Å². The van der Waals surface area contributed by atoms with E-state index >= 15 is 0 Å². The zero-order chi connectivity index (χ0) is 20.8. The van der Waals surface area contributed by atoms with Gasteiger partial charge < -0.3 is 10.1 Å². The van der Waals surface area contributed by atoms with Crippen molar-refractivity contribution < 1.29 is 14.3 Å². The Morgan fingerprint density at radius 2 is 1.67 bits per heavy atom. The van der Waals surface area contributed by atoms with Crippen LogP contribution in [0.15, 0.2) is 30.3 Å². The third-order valence-electron chi connectivity index (χ3n) is 7.38. The van der Waals surface area contributed by atoms with E-state index in [9.17, 15) is 9.59 Å². The second-order valence-corrected chi connectivity index (χ2v) is 9.39. The van der Waals surface area contributed by atoms with Crippen LogP contribution in [-0.4, -0.2) is 34.3 Å². The lowest BCUT2D eigenvalue weighted by atomic mass is 9.54. The fourth-order valence-electron chi connectivity index (χ4n) is 6.35. The third kappa shape index (κ3) is 3.42. The first-order valence-corrected chi connectivity index (χ1v) is 11.1. The topological polar surface area (TPSA) is 73.2 Å². The summed E-state index contributed by atoms with van der Waals surface area (Å²) in [6.07, 6.45) is 6.37. The molecule has 2 aromatic rings. The van der Waals surface area contributed by atoms with Gasteiger partial charge in [0.1, 0.15) is 5.56 Å². The quantitative estimate of drug-likeness (QED) is 0.769. The van der Waals surface area contributed by atoms with Crippen LogP contribution in [0.4, 0.5) is 0 Å². The average Bonchev–Trinajstić information content (AvgIpc) is 3.03. The van der Waals surface area contributed by atoms with E-state index in [1.165, 1.54) is 32.1 Å². The van der Waals surface area contributed by atoms with E-state index in [0.717, 1.165) is 17.5 Å². The molecular weight excluding hydrogens is 378 g/mol. The number of carbonyl (C=O) groups is 2. The molecule has 1 aromatic carbocycles. The zero-order valence-corrected chi connectivity index (χ0v) is 17.6. The number of aromatic nitrogens is 2. The molecule has 0 spiro atoms. The lowest BCUT2D eigenvalue weighted by Crippen LogP contribution is -2.56. The Hall–Kier alpha value is -2.63. The highest BCUT2D eigenvalue weighted by molar-refractivity contribution is 5.93. The molecule has 4 saturated carbocycles. The molecule has 4 fully saturated rings. The van der Waals surface area contributed by atoms with Crippen molar-refractivity contribution in [3.8, 4) is 5.69 Å². The van der Waals surface area contributed by atoms with Gasteiger partial charge in [-0.25, -0.2) is 9.48 Å². The van der Waals surface area contributed by atoms with Gasteiger partial charge in [-0.2, -0.15) is 5.10 Å². The number of para-hydroxylation sites is 1. The molecule has 4 aliphatic rings. The van der Waals surface area contributed by atoms with Gasteiger partial charge >= 0.3 is 5.97 Å². The molecule has 158 valence electrons. The Morgan fingerprint density at radius 1 is 1.03 bits per heavy atom. The van der Waals surface area contributed by atoms with Crippen molar-refractivity contribution in [3.05, 3.63) is 47.3 Å². The van der Waals surface area contributed by atoms with Crippen LogP contribution < -0.4 is 5.32 Å². The summed E-state index contributed by atoms with van der Waals surface area (Å²) in [5.74, 6) is 2.26. The molecule has 4 bridgehead atoms. The van der Waals surface area contributed by atoms with Gasteiger partial charge in [0, 0.05) is 6.04 Å². The molecule has 1 amide bonds. The first kappa shape index (κ1) is 19.3.